The van der Waals surface area contributed by atoms with Crippen molar-refractivity contribution in [1.82, 2.24) is 15.2 Å². The van der Waals surface area contributed by atoms with Crippen molar-refractivity contribution in [3.05, 3.63) is 46.4 Å². The number of methoxy groups -OCH3 is 1. The van der Waals surface area contributed by atoms with Crippen LogP contribution in [0.4, 0.5) is 4.79 Å². The second-order valence-electron chi connectivity index (χ2n) is 7.57. The van der Waals surface area contributed by atoms with Gasteiger partial charge in [0.25, 0.3) is 0 Å². The molecule has 0 saturated carbocycles. The van der Waals surface area contributed by atoms with Crippen molar-refractivity contribution < 1.29 is 19.7 Å². The van der Waals surface area contributed by atoms with Crippen molar-refractivity contribution in [3.63, 3.8) is 0 Å². The van der Waals surface area contributed by atoms with Crippen LogP contribution in [0.5, 0.6) is 5.75 Å². The van der Waals surface area contributed by atoms with Gasteiger partial charge in [-0.15, -0.1) is 11.3 Å². The van der Waals surface area contributed by atoms with E-state index in [2.05, 4.69) is 10.3 Å². The molecule has 0 aliphatic rings. The van der Waals surface area contributed by atoms with Gasteiger partial charge in [0, 0.05) is 36.6 Å². The Morgan fingerprint density at radius 2 is 2.14 bits per heavy atom. The van der Waals surface area contributed by atoms with Crippen LogP contribution in [-0.4, -0.2) is 57.5 Å². The fourth-order valence-corrected chi connectivity index (χ4v) is 3.81. The van der Waals surface area contributed by atoms with Gasteiger partial charge in [-0.25, -0.2) is 9.78 Å². The minimum absolute atomic E-state index is 0.257. The first kappa shape index (κ1) is 22.1. The summed E-state index contributed by atoms with van der Waals surface area (Å²) in [5.74, 6) is 0.770. The lowest BCUT2D eigenvalue weighted by Crippen LogP contribution is -2.58. The Bertz CT molecular complexity index is 746. The summed E-state index contributed by atoms with van der Waals surface area (Å²) in [6.45, 7) is 6.28. The normalized spacial score (nSPS) is 13.8. The first-order valence-corrected chi connectivity index (χ1v) is 10.0. The van der Waals surface area contributed by atoms with Crippen molar-refractivity contribution >= 4 is 17.4 Å². The van der Waals surface area contributed by atoms with E-state index in [1.165, 1.54) is 16.2 Å². The standard InChI is InChI=1S/C20H29N3O4S/c1-20(2,3)23(19(25)26)16(11-18-22-8-9-28-18)17(24)13-21-12-14-6-5-7-15(10-14)27-4/h5-10,16-17,21,24H,11-13H2,1-4H3,(H,25,26)/t16-,17+/m0/s1. The summed E-state index contributed by atoms with van der Waals surface area (Å²) in [5.41, 5.74) is 0.371. The number of thiazole rings is 1. The zero-order valence-corrected chi connectivity index (χ0v) is 17.6. The molecule has 28 heavy (non-hydrogen) atoms. The van der Waals surface area contributed by atoms with Crippen LogP contribution in [0, 0.1) is 0 Å². The number of ether oxygens (including phenoxy) is 1. The molecule has 154 valence electrons. The second-order valence-corrected chi connectivity index (χ2v) is 8.55. The molecule has 0 fully saturated rings. The van der Waals surface area contributed by atoms with Crippen LogP contribution < -0.4 is 10.1 Å². The van der Waals surface area contributed by atoms with Gasteiger partial charge in [0.1, 0.15) is 5.75 Å². The number of benzene rings is 1. The number of aromatic nitrogens is 1. The fourth-order valence-electron chi connectivity index (χ4n) is 3.14. The lowest BCUT2D eigenvalue weighted by molar-refractivity contribution is 0.00768. The van der Waals surface area contributed by atoms with E-state index in [0.717, 1.165) is 16.3 Å². The van der Waals surface area contributed by atoms with E-state index in [4.69, 9.17) is 4.74 Å². The first-order valence-electron chi connectivity index (χ1n) is 9.14. The highest BCUT2D eigenvalue weighted by molar-refractivity contribution is 7.09. The Morgan fingerprint density at radius 1 is 1.39 bits per heavy atom. The maximum absolute atomic E-state index is 11.9. The molecule has 2 atom stereocenters. The maximum Gasteiger partial charge on any atom is 0.408 e. The predicted octanol–water partition coefficient (Wildman–Crippen LogP) is 2.99. The van der Waals surface area contributed by atoms with Crippen LogP contribution in [0.3, 0.4) is 0 Å². The minimum Gasteiger partial charge on any atom is -0.497 e. The van der Waals surface area contributed by atoms with Crippen LogP contribution >= 0.6 is 11.3 Å². The molecule has 2 rings (SSSR count). The summed E-state index contributed by atoms with van der Waals surface area (Å²) < 4.78 is 5.22. The Labute approximate surface area is 170 Å². The third-order valence-electron chi connectivity index (χ3n) is 4.39. The molecular weight excluding hydrogens is 378 g/mol. The Kier molecular flexibility index (Phi) is 7.79. The maximum atomic E-state index is 11.9. The average molecular weight is 408 g/mol. The van der Waals surface area contributed by atoms with E-state index in [0.29, 0.717) is 13.0 Å². The molecule has 0 bridgehead atoms. The van der Waals surface area contributed by atoms with E-state index in [1.54, 1.807) is 13.3 Å². The summed E-state index contributed by atoms with van der Waals surface area (Å²) >= 11 is 1.46. The Balaban J connectivity index is 2.09. The van der Waals surface area contributed by atoms with E-state index >= 15 is 0 Å². The third-order valence-corrected chi connectivity index (χ3v) is 5.19. The van der Waals surface area contributed by atoms with Crippen molar-refractivity contribution in [2.75, 3.05) is 13.7 Å². The highest BCUT2D eigenvalue weighted by atomic mass is 32.1. The molecule has 0 spiro atoms. The Morgan fingerprint density at radius 3 is 2.71 bits per heavy atom. The molecule has 1 aromatic carbocycles. The molecule has 2 aromatic rings. The molecule has 0 radical (unpaired) electrons. The molecule has 3 N–H and O–H groups in total. The number of aliphatic hydroxyl groups excluding tert-OH is 1. The van der Waals surface area contributed by atoms with Gasteiger partial charge in [-0.3, -0.25) is 4.90 Å². The molecule has 1 aromatic heterocycles. The van der Waals surface area contributed by atoms with Gasteiger partial charge < -0.3 is 20.3 Å². The van der Waals surface area contributed by atoms with Crippen LogP contribution in [0.25, 0.3) is 0 Å². The average Bonchev–Trinajstić information content (AvgIpc) is 3.13. The van der Waals surface area contributed by atoms with Crippen molar-refractivity contribution in [2.45, 2.75) is 51.4 Å². The Hall–Kier alpha value is -2.16. The van der Waals surface area contributed by atoms with Gasteiger partial charge in [0.05, 0.1) is 24.3 Å². The van der Waals surface area contributed by atoms with Crippen molar-refractivity contribution in [2.24, 2.45) is 0 Å². The zero-order chi connectivity index (χ0) is 20.7. The molecule has 1 amide bonds. The smallest absolute Gasteiger partial charge is 0.408 e. The van der Waals surface area contributed by atoms with Gasteiger partial charge in [0.2, 0.25) is 0 Å². The molecule has 7 nitrogen and oxygen atoms in total. The minimum atomic E-state index is -1.05. The number of hydrogen-bond donors (Lipinski definition) is 3. The molecule has 8 heteroatoms. The van der Waals surface area contributed by atoms with Gasteiger partial charge in [-0.1, -0.05) is 12.1 Å². The molecule has 0 aliphatic carbocycles. The summed E-state index contributed by atoms with van der Waals surface area (Å²) in [6.07, 6.45) is 0.112. The van der Waals surface area contributed by atoms with E-state index < -0.39 is 23.8 Å². The summed E-state index contributed by atoms with van der Waals surface area (Å²) in [4.78, 5) is 17.5. The topological polar surface area (TPSA) is 94.9 Å². The number of rotatable bonds is 9. The van der Waals surface area contributed by atoms with Crippen LogP contribution in [0.15, 0.2) is 35.8 Å². The highest BCUT2D eigenvalue weighted by Crippen LogP contribution is 2.23. The van der Waals surface area contributed by atoms with Crippen molar-refractivity contribution in [3.8, 4) is 5.75 Å². The number of carboxylic acid groups (broad SMARTS) is 1. The monoisotopic (exact) mass is 407 g/mol. The quantitative estimate of drug-likeness (QED) is 0.592. The van der Waals surface area contributed by atoms with Crippen LogP contribution in [-0.2, 0) is 13.0 Å². The number of carbonyl (C=O) groups is 1. The van der Waals surface area contributed by atoms with Crippen molar-refractivity contribution in [1.29, 1.82) is 0 Å². The van der Waals surface area contributed by atoms with E-state index in [-0.39, 0.29) is 6.54 Å². The summed E-state index contributed by atoms with van der Waals surface area (Å²) in [5, 5.41) is 26.5. The zero-order valence-electron chi connectivity index (χ0n) is 16.8. The lowest BCUT2D eigenvalue weighted by Gasteiger charge is -2.41. The van der Waals surface area contributed by atoms with Gasteiger partial charge in [0.15, 0.2) is 0 Å². The summed E-state index contributed by atoms with van der Waals surface area (Å²) in [7, 11) is 1.62. The fraction of sp³-hybridized carbons (Fsp3) is 0.500. The highest BCUT2D eigenvalue weighted by Gasteiger charge is 2.37. The lowest BCUT2D eigenvalue weighted by atomic mass is 9.98. The van der Waals surface area contributed by atoms with Crippen LogP contribution in [0.1, 0.15) is 31.3 Å². The second kappa shape index (κ2) is 9.86. The van der Waals surface area contributed by atoms with Crippen LogP contribution in [0.2, 0.25) is 0 Å². The van der Waals surface area contributed by atoms with Gasteiger partial charge in [-0.05, 0) is 38.5 Å². The van der Waals surface area contributed by atoms with E-state index in [9.17, 15) is 15.0 Å². The van der Waals surface area contributed by atoms with Gasteiger partial charge in [-0.2, -0.15) is 0 Å². The number of aliphatic hydroxyl groups is 1. The molecular formula is C20H29N3O4S. The summed E-state index contributed by atoms with van der Waals surface area (Å²) in [6, 6.07) is 7.06. The molecule has 1 heterocycles. The number of nitrogens with zero attached hydrogens (tertiary/aromatic N) is 2. The SMILES string of the molecule is COc1cccc(CNC[C@@H](O)[C@H](Cc2nccs2)N(C(=O)O)C(C)(C)C)c1. The van der Waals surface area contributed by atoms with Gasteiger partial charge >= 0.3 is 6.09 Å². The third kappa shape index (κ3) is 6.19. The molecule has 0 unspecified atom stereocenters. The largest absolute Gasteiger partial charge is 0.497 e. The number of hydrogen-bond acceptors (Lipinski definition) is 6. The number of amides is 1. The first-order chi connectivity index (χ1) is 13.2. The molecule has 0 saturated heterocycles. The van der Waals surface area contributed by atoms with E-state index in [1.807, 2.05) is 50.4 Å². The molecule has 0 aliphatic heterocycles. The number of nitrogens with one attached hydrogen (secondary N) is 1. The predicted molar refractivity (Wildman–Crippen MR) is 110 cm³/mol.